The lowest BCUT2D eigenvalue weighted by atomic mass is 10.1. The second kappa shape index (κ2) is 9.35. The number of hydrogen-bond donors (Lipinski definition) is 0. The Morgan fingerprint density at radius 1 is 1.06 bits per heavy atom. The summed E-state index contributed by atoms with van der Waals surface area (Å²) in [5.41, 5.74) is 4.85. The molecule has 0 aliphatic carbocycles. The normalized spacial score (nSPS) is 15.2. The largest absolute Gasteiger partial charge is 0.348 e. The van der Waals surface area contributed by atoms with E-state index in [0.29, 0.717) is 10.5 Å². The first-order valence-electron chi connectivity index (χ1n) is 10.2. The van der Waals surface area contributed by atoms with Gasteiger partial charge in [0.15, 0.2) is 0 Å². The zero-order chi connectivity index (χ0) is 22.8. The SMILES string of the molecule is Cc1cc(/C=C2\SC(=O)N(Cc3ccc(F)cc3Cl)C2=O)c(C)n1CCc1ccccc1. The van der Waals surface area contributed by atoms with Gasteiger partial charge in [0, 0.05) is 23.0 Å². The van der Waals surface area contributed by atoms with Crippen molar-refractivity contribution in [3.05, 3.63) is 98.4 Å². The highest BCUT2D eigenvalue weighted by molar-refractivity contribution is 8.18. The molecular weight excluding hydrogens is 447 g/mol. The maximum atomic E-state index is 13.3. The predicted molar refractivity (Wildman–Crippen MR) is 127 cm³/mol. The molecular formula is C25H22ClFN2O2S. The van der Waals surface area contributed by atoms with E-state index in [9.17, 15) is 14.0 Å². The molecule has 0 radical (unpaired) electrons. The number of aromatic nitrogens is 1. The van der Waals surface area contributed by atoms with Crippen LogP contribution in [0.1, 0.15) is 28.1 Å². The Kier molecular flexibility index (Phi) is 6.53. The fraction of sp³-hybridized carbons (Fsp3) is 0.200. The van der Waals surface area contributed by atoms with Gasteiger partial charge in [0.2, 0.25) is 0 Å². The van der Waals surface area contributed by atoms with Crippen LogP contribution in [0.15, 0.2) is 59.5 Å². The van der Waals surface area contributed by atoms with E-state index in [1.165, 1.54) is 23.8 Å². The number of rotatable bonds is 6. The van der Waals surface area contributed by atoms with Crippen LogP contribution in [-0.2, 0) is 24.3 Å². The minimum absolute atomic E-state index is 0.0111. The molecule has 0 saturated carbocycles. The second-order valence-corrected chi connectivity index (χ2v) is 9.12. The standard InChI is InChI=1S/C25H22ClFN2O2S/c1-16-12-20(17(2)28(16)11-10-18-6-4-3-5-7-18)13-23-24(30)29(25(31)32-23)15-19-8-9-21(27)14-22(19)26/h3-9,12-14H,10-11,15H2,1-2H3/b23-13-. The predicted octanol–water partition coefficient (Wildman–Crippen LogP) is 6.38. The van der Waals surface area contributed by atoms with Gasteiger partial charge in [-0.15, -0.1) is 0 Å². The van der Waals surface area contributed by atoms with Gasteiger partial charge in [-0.1, -0.05) is 48.0 Å². The third-order valence-corrected chi connectivity index (χ3v) is 6.84. The van der Waals surface area contributed by atoms with E-state index in [0.717, 1.165) is 46.6 Å². The highest BCUT2D eigenvalue weighted by Crippen LogP contribution is 2.35. The van der Waals surface area contributed by atoms with Crippen LogP contribution in [0.5, 0.6) is 0 Å². The molecule has 7 heteroatoms. The number of benzene rings is 2. The Balaban J connectivity index is 1.52. The Morgan fingerprint density at radius 2 is 1.81 bits per heavy atom. The third-order valence-electron chi connectivity index (χ3n) is 5.58. The fourth-order valence-corrected chi connectivity index (χ4v) is 4.86. The minimum Gasteiger partial charge on any atom is -0.348 e. The Hall–Kier alpha value is -2.83. The number of amides is 2. The van der Waals surface area contributed by atoms with Crippen LogP contribution >= 0.6 is 23.4 Å². The summed E-state index contributed by atoms with van der Waals surface area (Å²) in [6, 6.07) is 16.3. The number of imide groups is 1. The average Bonchev–Trinajstić information content (AvgIpc) is 3.18. The van der Waals surface area contributed by atoms with Crippen molar-refractivity contribution in [2.75, 3.05) is 0 Å². The molecule has 1 fully saturated rings. The lowest BCUT2D eigenvalue weighted by molar-refractivity contribution is -0.123. The van der Waals surface area contributed by atoms with Gasteiger partial charge in [-0.3, -0.25) is 14.5 Å². The van der Waals surface area contributed by atoms with E-state index in [-0.39, 0.29) is 22.7 Å². The molecule has 4 nitrogen and oxygen atoms in total. The molecule has 3 aromatic rings. The smallest absolute Gasteiger partial charge is 0.293 e. The third kappa shape index (κ3) is 4.66. The van der Waals surface area contributed by atoms with Gasteiger partial charge in [-0.25, -0.2) is 4.39 Å². The molecule has 2 aromatic carbocycles. The van der Waals surface area contributed by atoms with E-state index >= 15 is 0 Å². The van der Waals surface area contributed by atoms with Crippen LogP contribution in [0.3, 0.4) is 0 Å². The Bertz CT molecular complexity index is 1220. The quantitative estimate of drug-likeness (QED) is 0.394. The average molecular weight is 469 g/mol. The van der Waals surface area contributed by atoms with Crippen molar-refractivity contribution in [3.8, 4) is 0 Å². The van der Waals surface area contributed by atoms with E-state index in [1.807, 2.05) is 38.1 Å². The Morgan fingerprint density at radius 3 is 2.53 bits per heavy atom. The zero-order valence-corrected chi connectivity index (χ0v) is 19.3. The Labute approximate surface area is 195 Å². The summed E-state index contributed by atoms with van der Waals surface area (Å²) < 4.78 is 15.5. The maximum absolute atomic E-state index is 13.3. The molecule has 164 valence electrons. The second-order valence-electron chi connectivity index (χ2n) is 7.72. The van der Waals surface area contributed by atoms with Crippen LogP contribution in [0.4, 0.5) is 9.18 Å². The zero-order valence-electron chi connectivity index (χ0n) is 17.8. The van der Waals surface area contributed by atoms with Gasteiger partial charge in [0.1, 0.15) is 5.82 Å². The van der Waals surface area contributed by atoms with Crippen LogP contribution < -0.4 is 0 Å². The monoisotopic (exact) mass is 468 g/mol. The first-order chi connectivity index (χ1) is 15.3. The van der Waals surface area contributed by atoms with Crippen molar-refractivity contribution in [2.45, 2.75) is 33.4 Å². The summed E-state index contributed by atoms with van der Waals surface area (Å²) in [6.45, 7) is 4.90. The molecule has 1 saturated heterocycles. The van der Waals surface area contributed by atoms with Crippen molar-refractivity contribution < 1.29 is 14.0 Å². The van der Waals surface area contributed by atoms with Gasteiger partial charge < -0.3 is 4.57 Å². The highest BCUT2D eigenvalue weighted by Gasteiger charge is 2.35. The summed E-state index contributed by atoms with van der Waals surface area (Å²) in [5.74, 6) is -0.829. The van der Waals surface area contributed by atoms with Crippen LogP contribution in [-0.4, -0.2) is 20.6 Å². The summed E-state index contributed by atoms with van der Waals surface area (Å²) in [6.07, 6.45) is 2.68. The molecule has 2 amide bonds. The van der Waals surface area contributed by atoms with Crippen LogP contribution in [0.2, 0.25) is 5.02 Å². The molecule has 0 spiro atoms. The molecule has 4 rings (SSSR count). The van der Waals surface area contributed by atoms with Crippen molar-refractivity contribution in [2.24, 2.45) is 0 Å². The van der Waals surface area contributed by atoms with Crippen molar-refractivity contribution >= 4 is 40.6 Å². The summed E-state index contributed by atoms with van der Waals surface area (Å²) in [5, 5.41) is -0.172. The molecule has 0 unspecified atom stereocenters. The van der Waals surface area contributed by atoms with Gasteiger partial charge in [-0.2, -0.15) is 0 Å². The number of aryl methyl sites for hydroxylation is 2. The van der Waals surface area contributed by atoms with Gasteiger partial charge in [-0.05, 0) is 73.0 Å². The number of carbonyl (C=O) groups excluding carboxylic acids is 2. The topological polar surface area (TPSA) is 42.3 Å². The van der Waals surface area contributed by atoms with Gasteiger partial charge >= 0.3 is 0 Å². The molecule has 2 heterocycles. The maximum Gasteiger partial charge on any atom is 0.293 e. The summed E-state index contributed by atoms with van der Waals surface area (Å²) in [4.78, 5) is 26.9. The van der Waals surface area contributed by atoms with Gasteiger partial charge in [0.05, 0.1) is 11.4 Å². The molecule has 1 aromatic heterocycles. The number of thioether (sulfide) groups is 1. The fourth-order valence-electron chi connectivity index (χ4n) is 3.80. The van der Waals surface area contributed by atoms with Crippen molar-refractivity contribution in [1.29, 1.82) is 0 Å². The highest BCUT2D eigenvalue weighted by atomic mass is 35.5. The van der Waals surface area contributed by atoms with E-state index in [4.69, 9.17) is 11.6 Å². The number of nitrogens with zero attached hydrogens (tertiary/aromatic N) is 2. The van der Waals surface area contributed by atoms with E-state index < -0.39 is 5.82 Å². The van der Waals surface area contributed by atoms with Crippen LogP contribution in [0.25, 0.3) is 6.08 Å². The minimum atomic E-state index is -0.463. The van der Waals surface area contributed by atoms with Crippen molar-refractivity contribution in [1.82, 2.24) is 9.47 Å². The first kappa shape index (κ1) is 22.4. The summed E-state index contributed by atoms with van der Waals surface area (Å²) in [7, 11) is 0. The molecule has 32 heavy (non-hydrogen) atoms. The van der Waals surface area contributed by atoms with E-state index in [2.05, 4.69) is 16.7 Å². The number of carbonyl (C=O) groups is 2. The van der Waals surface area contributed by atoms with Crippen molar-refractivity contribution in [3.63, 3.8) is 0 Å². The molecule has 0 atom stereocenters. The lowest BCUT2D eigenvalue weighted by Crippen LogP contribution is -2.27. The molecule has 1 aliphatic heterocycles. The molecule has 1 aliphatic rings. The molecule has 0 bridgehead atoms. The lowest BCUT2D eigenvalue weighted by Gasteiger charge is -2.13. The van der Waals surface area contributed by atoms with Crippen LogP contribution in [0, 0.1) is 19.7 Å². The molecule has 0 N–H and O–H groups in total. The number of hydrogen-bond acceptors (Lipinski definition) is 3. The number of halogens is 2. The van der Waals surface area contributed by atoms with E-state index in [1.54, 1.807) is 6.08 Å². The summed E-state index contributed by atoms with van der Waals surface area (Å²) >= 11 is 6.98. The first-order valence-corrected chi connectivity index (χ1v) is 11.4. The van der Waals surface area contributed by atoms with Gasteiger partial charge in [0.25, 0.3) is 11.1 Å².